The van der Waals surface area contributed by atoms with Crippen molar-refractivity contribution in [3.8, 4) is 0 Å². The Hall–Kier alpha value is -1.63. The zero-order valence-electron chi connectivity index (χ0n) is 11.5. The van der Waals surface area contributed by atoms with Gasteiger partial charge in [-0.15, -0.1) is 11.3 Å². The number of carbonyl (C=O) groups excluding carboxylic acids is 1. The molecular formula is C13H16FNO4S. The third-order valence-electron chi connectivity index (χ3n) is 2.84. The van der Waals surface area contributed by atoms with Gasteiger partial charge in [0.25, 0.3) is 0 Å². The average molecular weight is 301 g/mol. The van der Waals surface area contributed by atoms with Crippen molar-refractivity contribution in [1.82, 2.24) is 4.90 Å². The summed E-state index contributed by atoms with van der Waals surface area (Å²) in [5.41, 5.74) is -0.184. The van der Waals surface area contributed by atoms with E-state index in [9.17, 15) is 14.0 Å². The van der Waals surface area contributed by atoms with E-state index < -0.39 is 23.5 Å². The summed E-state index contributed by atoms with van der Waals surface area (Å²) in [6.07, 6.45) is -0.154. The number of carboxylic acids is 1. The number of carboxylic acid groups (broad SMARTS) is 1. The quantitative estimate of drug-likeness (QED) is 0.866. The minimum atomic E-state index is -1.27. The Morgan fingerprint density at radius 2 is 2.05 bits per heavy atom. The van der Waals surface area contributed by atoms with E-state index in [2.05, 4.69) is 0 Å². The largest absolute Gasteiger partial charge is 0.477 e. The fraction of sp³-hybridized carbons (Fsp3) is 0.538. The van der Waals surface area contributed by atoms with Gasteiger partial charge < -0.3 is 14.7 Å². The van der Waals surface area contributed by atoms with Crippen LogP contribution < -0.4 is 0 Å². The number of halogens is 1. The van der Waals surface area contributed by atoms with Gasteiger partial charge in [-0.25, -0.2) is 14.0 Å². The van der Waals surface area contributed by atoms with Crippen LogP contribution in [0.5, 0.6) is 0 Å². The van der Waals surface area contributed by atoms with E-state index in [0.29, 0.717) is 23.4 Å². The Bertz CT molecular complexity index is 561. The number of ether oxygens (including phenoxy) is 1. The summed E-state index contributed by atoms with van der Waals surface area (Å²) in [4.78, 5) is 24.6. The second-order valence-corrected chi connectivity index (χ2v) is 6.71. The lowest BCUT2D eigenvalue weighted by atomic mass is 10.1. The van der Waals surface area contributed by atoms with Crippen LogP contribution in [-0.4, -0.2) is 34.2 Å². The minimum absolute atomic E-state index is 0.194. The van der Waals surface area contributed by atoms with Crippen molar-refractivity contribution in [3.63, 3.8) is 0 Å². The maximum Gasteiger partial charge on any atom is 0.410 e. The smallest absolute Gasteiger partial charge is 0.410 e. The summed E-state index contributed by atoms with van der Waals surface area (Å²) in [5, 5.41) is 8.91. The summed E-state index contributed by atoms with van der Waals surface area (Å²) in [7, 11) is 0. The molecule has 7 heteroatoms. The molecule has 1 N–H and O–H groups in total. The number of hydrogen-bond acceptors (Lipinski definition) is 4. The van der Waals surface area contributed by atoms with Crippen LogP contribution in [0.25, 0.3) is 0 Å². The van der Waals surface area contributed by atoms with Crippen LogP contribution in [-0.2, 0) is 17.7 Å². The van der Waals surface area contributed by atoms with Crippen molar-refractivity contribution >= 4 is 23.4 Å². The van der Waals surface area contributed by atoms with Gasteiger partial charge >= 0.3 is 12.1 Å². The maximum absolute atomic E-state index is 13.9. The molecular weight excluding hydrogens is 285 g/mol. The molecule has 1 aromatic heterocycles. The van der Waals surface area contributed by atoms with Crippen LogP contribution in [0.3, 0.4) is 0 Å². The van der Waals surface area contributed by atoms with Gasteiger partial charge in [0.2, 0.25) is 0 Å². The highest BCUT2D eigenvalue weighted by Crippen LogP contribution is 2.32. The molecule has 0 aliphatic carbocycles. The summed E-state index contributed by atoms with van der Waals surface area (Å²) in [6.45, 7) is 5.84. The van der Waals surface area contributed by atoms with Gasteiger partial charge in [0.05, 0.1) is 6.54 Å². The highest BCUT2D eigenvalue weighted by Gasteiger charge is 2.31. The topological polar surface area (TPSA) is 66.8 Å². The van der Waals surface area contributed by atoms with Gasteiger partial charge in [0.1, 0.15) is 10.5 Å². The fourth-order valence-electron chi connectivity index (χ4n) is 1.98. The van der Waals surface area contributed by atoms with Gasteiger partial charge in [0.15, 0.2) is 5.82 Å². The number of hydrogen-bond donors (Lipinski definition) is 1. The number of thiophene rings is 1. The maximum atomic E-state index is 13.9. The Balaban J connectivity index is 2.17. The van der Waals surface area contributed by atoms with E-state index in [1.807, 2.05) is 0 Å². The van der Waals surface area contributed by atoms with Gasteiger partial charge in [-0.1, -0.05) is 0 Å². The first-order chi connectivity index (χ1) is 9.19. The molecule has 110 valence electrons. The molecule has 0 radical (unpaired) electrons. The SMILES string of the molecule is CC(C)(C)OC(=O)N1CCc2c(sc(C(=O)O)c2F)C1. The van der Waals surface area contributed by atoms with Crippen molar-refractivity contribution in [2.45, 2.75) is 39.3 Å². The molecule has 2 rings (SSSR count). The molecule has 0 saturated heterocycles. The molecule has 0 spiro atoms. The Morgan fingerprint density at radius 1 is 1.40 bits per heavy atom. The third kappa shape index (κ3) is 2.92. The number of amides is 1. The van der Waals surface area contributed by atoms with Crippen molar-refractivity contribution in [1.29, 1.82) is 0 Å². The first-order valence-electron chi connectivity index (χ1n) is 6.20. The van der Waals surface area contributed by atoms with Crippen LogP contribution in [0.2, 0.25) is 0 Å². The monoisotopic (exact) mass is 301 g/mol. The first kappa shape index (κ1) is 14.8. The zero-order valence-corrected chi connectivity index (χ0v) is 12.3. The van der Waals surface area contributed by atoms with Crippen molar-refractivity contribution in [2.75, 3.05) is 6.54 Å². The van der Waals surface area contributed by atoms with Crippen molar-refractivity contribution in [2.24, 2.45) is 0 Å². The van der Waals surface area contributed by atoms with E-state index >= 15 is 0 Å². The van der Waals surface area contributed by atoms with Crippen molar-refractivity contribution < 1.29 is 23.8 Å². The fourth-order valence-corrected chi connectivity index (χ4v) is 3.07. The van der Waals surface area contributed by atoms with Gasteiger partial charge in [0, 0.05) is 17.0 Å². The number of carbonyl (C=O) groups is 2. The molecule has 0 atom stereocenters. The predicted molar refractivity (Wildman–Crippen MR) is 71.6 cm³/mol. The highest BCUT2D eigenvalue weighted by molar-refractivity contribution is 7.14. The van der Waals surface area contributed by atoms with E-state index in [1.165, 1.54) is 4.90 Å². The Kier molecular flexibility index (Phi) is 3.73. The number of fused-ring (bicyclic) bond motifs is 1. The summed E-state index contributed by atoms with van der Waals surface area (Å²) in [6, 6.07) is 0. The molecule has 0 aromatic carbocycles. The van der Waals surface area contributed by atoms with Gasteiger partial charge in [-0.2, -0.15) is 0 Å². The molecule has 0 unspecified atom stereocenters. The van der Waals surface area contributed by atoms with E-state index in [4.69, 9.17) is 9.84 Å². The Morgan fingerprint density at radius 3 is 2.60 bits per heavy atom. The second kappa shape index (κ2) is 5.05. The molecule has 1 amide bonds. The molecule has 0 saturated carbocycles. The summed E-state index contributed by atoms with van der Waals surface area (Å²) >= 11 is 0.885. The molecule has 0 fully saturated rings. The lowest BCUT2D eigenvalue weighted by Crippen LogP contribution is -2.39. The van der Waals surface area contributed by atoms with E-state index in [0.717, 1.165) is 11.3 Å². The number of aromatic carboxylic acids is 1. The minimum Gasteiger partial charge on any atom is -0.477 e. The van der Waals surface area contributed by atoms with Crippen LogP contribution in [0, 0.1) is 5.82 Å². The highest BCUT2D eigenvalue weighted by atomic mass is 32.1. The predicted octanol–water partition coefficient (Wildman–Crippen LogP) is 2.88. The molecule has 1 aromatic rings. The average Bonchev–Trinajstić information content (AvgIpc) is 2.64. The van der Waals surface area contributed by atoms with Crippen LogP contribution in [0.4, 0.5) is 9.18 Å². The van der Waals surface area contributed by atoms with E-state index in [-0.39, 0.29) is 11.4 Å². The molecule has 20 heavy (non-hydrogen) atoms. The molecule has 1 aliphatic rings. The van der Waals surface area contributed by atoms with Crippen LogP contribution >= 0.6 is 11.3 Å². The normalized spacial score (nSPS) is 14.9. The lowest BCUT2D eigenvalue weighted by molar-refractivity contribution is 0.0225. The van der Waals surface area contributed by atoms with Gasteiger partial charge in [-0.3, -0.25) is 0 Å². The number of rotatable bonds is 1. The van der Waals surface area contributed by atoms with Crippen molar-refractivity contribution in [3.05, 3.63) is 21.1 Å². The molecule has 5 nitrogen and oxygen atoms in total. The van der Waals surface area contributed by atoms with Gasteiger partial charge in [-0.05, 0) is 27.2 Å². The molecule has 0 bridgehead atoms. The lowest BCUT2D eigenvalue weighted by Gasteiger charge is -2.29. The Labute approximate surface area is 120 Å². The molecule has 1 aliphatic heterocycles. The first-order valence-corrected chi connectivity index (χ1v) is 7.02. The number of nitrogens with zero attached hydrogens (tertiary/aromatic N) is 1. The summed E-state index contributed by atoms with van der Waals surface area (Å²) < 4.78 is 19.1. The van der Waals surface area contributed by atoms with Crippen LogP contribution in [0.15, 0.2) is 0 Å². The second-order valence-electron chi connectivity index (χ2n) is 5.60. The van der Waals surface area contributed by atoms with Crippen LogP contribution in [0.1, 0.15) is 40.9 Å². The summed E-state index contributed by atoms with van der Waals surface area (Å²) in [5.74, 6) is -1.94. The zero-order chi connectivity index (χ0) is 15.1. The van der Waals surface area contributed by atoms with E-state index in [1.54, 1.807) is 20.8 Å². The molecule has 2 heterocycles. The standard InChI is InChI=1S/C13H16FNO4S/c1-13(2,3)19-12(18)15-5-4-7-8(6-15)20-10(9(7)14)11(16)17/h4-6H2,1-3H3,(H,16,17). The third-order valence-corrected chi connectivity index (χ3v) is 4.02.